The summed E-state index contributed by atoms with van der Waals surface area (Å²) in [5, 5.41) is 2.89. The molecule has 22 heavy (non-hydrogen) atoms. The molecule has 0 aromatic heterocycles. The SMILES string of the molecule is COc1cccc(NC(=O)CN(C)[C@H](C)c2ccccc2)c1. The van der Waals surface area contributed by atoms with Gasteiger partial charge in [0.15, 0.2) is 0 Å². The third-order valence-electron chi connectivity index (χ3n) is 3.69. The fourth-order valence-corrected chi connectivity index (χ4v) is 2.25. The zero-order chi connectivity index (χ0) is 15.9. The normalized spacial score (nSPS) is 12.0. The molecule has 116 valence electrons. The summed E-state index contributed by atoms with van der Waals surface area (Å²) >= 11 is 0. The molecule has 1 amide bonds. The molecule has 4 heteroatoms. The van der Waals surface area contributed by atoms with Crippen LogP contribution >= 0.6 is 0 Å². The predicted molar refractivity (Wildman–Crippen MR) is 89.1 cm³/mol. The Hall–Kier alpha value is -2.33. The molecule has 2 aromatic carbocycles. The molecule has 2 rings (SSSR count). The number of carbonyl (C=O) groups excluding carboxylic acids is 1. The van der Waals surface area contributed by atoms with Crippen LogP contribution in [0.4, 0.5) is 5.69 Å². The van der Waals surface area contributed by atoms with Crippen LogP contribution in [0.15, 0.2) is 54.6 Å². The number of methoxy groups -OCH3 is 1. The van der Waals surface area contributed by atoms with Crippen molar-refractivity contribution in [3.05, 3.63) is 60.2 Å². The molecule has 1 N–H and O–H groups in total. The predicted octanol–water partition coefficient (Wildman–Crippen LogP) is 3.33. The smallest absolute Gasteiger partial charge is 0.238 e. The number of hydrogen-bond donors (Lipinski definition) is 1. The van der Waals surface area contributed by atoms with E-state index in [-0.39, 0.29) is 11.9 Å². The summed E-state index contributed by atoms with van der Waals surface area (Å²) < 4.78 is 5.15. The van der Waals surface area contributed by atoms with Crippen LogP contribution in [0.3, 0.4) is 0 Å². The lowest BCUT2D eigenvalue weighted by Gasteiger charge is -2.24. The molecular weight excluding hydrogens is 276 g/mol. The summed E-state index contributed by atoms with van der Waals surface area (Å²) in [6.45, 7) is 2.42. The highest BCUT2D eigenvalue weighted by atomic mass is 16.5. The summed E-state index contributed by atoms with van der Waals surface area (Å²) in [4.78, 5) is 14.2. The maximum absolute atomic E-state index is 12.2. The number of nitrogens with zero attached hydrogens (tertiary/aromatic N) is 1. The van der Waals surface area contributed by atoms with Gasteiger partial charge in [0.1, 0.15) is 5.75 Å². The van der Waals surface area contributed by atoms with Gasteiger partial charge >= 0.3 is 0 Å². The second-order valence-electron chi connectivity index (χ2n) is 5.28. The molecule has 0 aliphatic heterocycles. The van der Waals surface area contributed by atoms with E-state index in [1.165, 1.54) is 5.56 Å². The molecule has 0 saturated heterocycles. The molecule has 1 atom stereocenters. The Morgan fingerprint density at radius 2 is 1.91 bits per heavy atom. The van der Waals surface area contributed by atoms with E-state index >= 15 is 0 Å². The largest absolute Gasteiger partial charge is 0.497 e. The summed E-state index contributed by atoms with van der Waals surface area (Å²) in [6.07, 6.45) is 0. The molecule has 0 unspecified atom stereocenters. The molecule has 0 fully saturated rings. The second kappa shape index (κ2) is 7.61. The van der Waals surface area contributed by atoms with Gasteiger partial charge in [-0.25, -0.2) is 0 Å². The van der Waals surface area contributed by atoms with Gasteiger partial charge in [-0.1, -0.05) is 36.4 Å². The molecule has 0 spiro atoms. The molecular formula is C18H22N2O2. The van der Waals surface area contributed by atoms with Crippen LogP contribution in [0.5, 0.6) is 5.75 Å². The number of hydrogen-bond acceptors (Lipinski definition) is 3. The van der Waals surface area contributed by atoms with Crippen molar-refractivity contribution in [1.29, 1.82) is 0 Å². The Bertz CT molecular complexity index is 613. The minimum Gasteiger partial charge on any atom is -0.497 e. The van der Waals surface area contributed by atoms with Gasteiger partial charge in [-0.2, -0.15) is 0 Å². The van der Waals surface area contributed by atoms with Gasteiger partial charge in [-0.15, -0.1) is 0 Å². The van der Waals surface area contributed by atoms with Gasteiger partial charge in [0.25, 0.3) is 0 Å². The Morgan fingerprint density at radius 1 is 1.18 bits per heavy atom. The van der Waals surface area contributed by atoms with Crippen LogP contribution < -0.4 is 10.1 Å². The van der Waals surface area contributed by atoms with Crippen molar-refractivity contribution >= 4 is 11.6 Å². The van der Waals surface area contributed by atoms with E-state index < -0.39 is 0 Å². The number of rotatable bonds is 6. The zero-order valence-corrected chi connectivity index (χ0v) is 13.2. The Labute approximate surface area is 131 Å². The highest BCUT2D eigenvalue weighted by molar-refractivity contribution is 5.92. The van der Waals surface area contributed by atoms with Crippen molar-refractivity contribution in [2.24, 2.45) is 0 Å². The number of ether oxygens (including phenoxy) is 1. The van der Waals surface area contributed by atoms with Gasteiger partial charge in [0.2, 0.25) is 5.91 Å². The Morgan fingerprint density at radius 3 is 2.59 bits per heavy atom. The number of anilines is 1. The number of likely N-dealkylation sites (N-methyl/N-ethyl adjacent to an activating group) is 1. The third kappa shape index (κ3) is 4.33. The molecule has 0 radical (unpaired) electrons. The molecule has 0 heterocycles. The van der Waals surface area contributed by atoms with Gasteiger partial charge in [0.05, 0.1) is 13.7 Å². The Balaban J connectivity index is 1.93. The van der Waals surface area contributed by atoms with Gasteiger partial charge in [-0.3, -0.25) is 9.69 Å². The minimum absolute atomic E-state index is 0.0430. The quantitative estimate of drug-likeness (QED) is 0.889. The van der Waals surface area contributed by atoms with E-state index in [4.69, 9.17) is 4.74 Å². The summed E-state index contributed by atoms with van der Waals surface area (Å²) in [6, 6.07) is 17.7. The second-order valence-corrected chi connectivity index (χ2v) is 5.28. The first-order valence-corrected chi connectivity index (χ1v) is 7.29. The maximum atomic E-state index is 12.2. The van der Waals surface area contributed by atoms with Gasteiger partial charge < -0.3 is 10.1 Å². The van der Waals surface area contributed by atoms with Gasteiger partial charge in [0, 0.05) is 17.8 Å². The highest BCUT2D eigenvalue weighted by Gasteiger charge is 2.14. The molecule has 0 saturated carbocycles. The monoisotopic (exact) mass is 298 g/mol. The van der Waals surface area contributed by atoms with E-state index in [0.717, 1.165) is 11.4 Å². The van der Waals surface area contributed by atoms with Crippen molar-refractivity contribution in [1.82, 2.24) is 4.90 Å². The Kier molecular flexibility index (Phi) is 5.55. The summed E-state index contributed by atoms with van der Waals surface area (Å²) in [5.74, 6) is 0.683. The summed E-state index contributed by atoms with van der Waals surface area (Å²) in [7, 11) is 3.55. The first kappa shape index (κ1) is 16.0. The van der Waals surface area contributed by atoms with Crippen molar-refractivity contribution < 1.29 is 9.53 Å². The van der Waals surface area contributed by atoms with Crippen LogP contribution in [0.1, 0.15) is 18.5 Å². The van der Waals surface area contributed by atoms with Crippen molar-refractivity contribution in [2.45, 2.75) is 13.0 Å². The average Bonchev–Trinajstić information content (AvgIpc) is 2.55. The topological polar surface area (TPSA) is 41.6 Å². The number of amides is 1. The lowest BCUT2D eigenvalue weighted by molar-refractivity contribution is -0.117. The molecule has 0 aliphatic rings. The number of benzene rings is 2. The maximum Gasteiger partial charge on any atom is 0.238 e. The zero-order valence-electron chi connectivity index (χ0n) is 13.2. The number of nitrogens with one attached hydrogen (secondary N) is 1. The fourth-order valence-electron chi connectivity index (χ4n) is 2.25. The summed E-state index contributed by atoms with van der Waals surface area (Å²) in [5.41, 5.74) is 1.93. The number of carbonyl (C=O) groups is 1. The van der Waals surface area contributed by atoms with Crippen molar-refractivity contribution in [3.8, 4) is 5.75 Å². The standard InChI is InChI=1S/C18H22N2O2/c1-14(15-8-5-4-6-9-15)20(2)13-18(21)19-16-10-7-11-17(12-16)22-3/h4-12,14H,13H2,1-3H3,(H,19,21)/t14-/m1/s1. The molecule has 2 aromatic rings. The van der Waals surface area contributed by atoms with E-state index in [2.05, 4.69) is 24.4 Å². The van der Waals surface area contributed by atoms with Crippen LogP contribution in [0, 0.1) is 0 Å². The fraction of sp³-hybridized carbons (Fsp3) is 0.278. The third-order valence-corrected chi connectivity index (χ3v) is 3.69. The van der Waals surface area contributed by atoms with Gasteiger partial charge in [-0.05, 0) is 31.7 Å². The van der Waals surface area contributed by atoms with E-state index in [0.29, 0.717) is 6.54 Å². The van der Waals surface area contributed by atoms with Crippen LogP contribution in [0.2, 0.25) is 0 Å². The molecule has 4 nitrogen and oxygen atoms in total. The van der Waals surface area contributed by atoms with E-state index in [1.807, 2.05) is 48.3 Å². The van der Waals surface area contributed by atoms with E-state index in [9.17, 15) is 4.79 Å². The molecule has 0 aliphatic carbocycles. The van der Waals surface area contributed by atoms with E-state index in [1.54, 1.807) is 13.2 Å². The first-order chi connectivity index (χ1) is 10.6. The lowest BCUT2D eigenvalue weighted by atomic mass is 10.1. The lowest BCUT2D eigenvalue weighted by Crippen LogP contribution is -2.32. The van der Waals surface area contributed by atoms with Crippen molar-refractivity contribution in [3.63, 3.8) is 0 Å². The first-order valence-electron chi connectivity index (χ1n) is 7.29. The highest BCUT2D eigenvalue weighted by Crippen LogP contribution is 2.19. The minimum atomic E-state index is -0.0430. The average molecular weight is 298 g/mol. The van der Waals surface area contributed by atoms with Crippen LogP contribution in [0.25, 0.3) is 0 Å². The van der Waals surface area contributed by atoms with Crippen molar-refractivity contribution in [2.75, 3.05) is 26.0 Å². The van der Waals surface area contributed by atoms with Crippen LogP contribution in [-0.2, 0) is 4.79 Å². The molecule has 0 bridgehead atoms. The van der Waals surface area contributed by atoms with Crippen LogP contribution in [-0.4, -0.2) is 31.5 Å².